The van der Waals surface area contributed by atoms with Crippen LogP contribution in [-0.2, 0) is 21.0 Å². The summed E-state index contributed by atoms with van der Waals surface area (Å²) in [4.78, 5) is 16.4. The summed E-state index contributed by atoms with van der Waals surface area (Å²) < 4.78 is 63.7. The number of hydrogen-bond donors (Lipinski definition) is 0. The first kappa shape index (κ1) is 22.0. The molecule has 0 spiro atoms. The van der Waals surface area contributed by atoms with Gasteiger partial charge in [-0.25, -0.2) is 8.42 Å². The molecule has 1 atom stereocenters. The number of alkyl halides is 3. The molecule has 1 aromatic carbocycles. The van der Waals surface area contributed by atoms with E-state index in [4.69, 9.17) is 0 Å². The SMILES string of the molecule is CC(c1cccc(C(F)(F)F)c1)N(CC(=O)N1CCN(S(C)(=O)=O)CC1)C1CC1. The van der Waals surface area contributed by atoms with E-state index >= 15 is 0 Å². The summed E-state index contributed by atoms with van der Waals surface area (Å²) in [7, 11) is -3.27. The van der Waals surface area contributed by atoms with E-state index in [0.29, 0.717) is 18.7 Å². The molecule has 1 aliphatic heterocycles. The van der Waals surface area contributed by atoms with Gasteiger partial charge in [-0.05, 0) is 37.5 Å². The molecule has 1 amide bonds. The average molecular weight is 433 g/mol. The van der Waals surface area contributed by atoms with Crippen molar-refractivity contribution in [2.45, 2.75) is 38.0 Å². The van der Waals surface area contributed by atoms with Crippen LogP contribution in [0.25, 0.3) is 0 Å². The summed E-state index contributed by atoms with van der Waals surface area (Å²) in [5.41, 5.74) is -0.165. The number of benzene rings is 1. The van der Waals surface area contributed by atoms with Crippen molar-refractivity contribution in [1.82, 2.24) is 14.1 Å². The lowest BCUT2D eigenvalue weighted by molar-refractivity contribution is -0.138. The van der Waals surface area contributed by atoms with Crippen LogP contribution in [0.3, 0.4) is 0 Å². The highest BCUT2D eigenvalue weighted by atomic mass is 32.2. The third-order valence-electron chi connectivity index (χ3n) is 5.59. The molecule has 3 rings (SSSR count). The summed E-state index contributed by atoms with van der Waals surface area (Å²) in [6.07, 6.45) is -1.43. The maximum Gasteiger partial charge on any atom is 0.416 e. The fourth-order valence-corrected chi connectivity index (χ4v) is 4.51. The molecule has 1 aromatic rings. The summed E-state index contributed by atoms with van der Waals surface area (Å²) in [5, 5.41) is 0. The molecule has 1 heterocycles. The van der Waals surface area contributed by atoms with E-state index in [9.17, 15) is 26.4 Å². The molecule has 1 saturated heterocycles. The molecule has 2 fully saturated rings. The molecule has 2 aliphatic rings. The lowest BCUT2D eigenvalue weighted by atomic mass is 10.0. The third kappa shape index (κ3) is 5.49. The van der Waals surface area contributed by atoms with Crippen LogP contribution in [0.1, 0.15) is 36.9 Å². The van der Waals surface area contributed by atoms with E-state index in [1.165, 1.54) is 10.4 Å². The van der Waals surface area contributed by atoms with Crippen molar-refractivity contribution in [1.29, 1.82) is 0 Å². The number of rotatable bonds is 6. The lowest BCUT2D eigenvalue weighted by Gasteiger charge is -2.36. The molecule has 0 bridgehead atoms. The Morgan fingerprint density at radius 3 is 2.34 bits per heavy atom. The Labute approximate surface area is 169 Å². The first-order valence-electron chi connectivity index (χ1n) is 9.62. The van der Waals surface area contributed by atoms with E-state index < -0.39 is 21.8 Å². The summed E-state index contributed by atoms with van der Waals surface area (Å²) >= 11 is 0. The number of amides is 1. The lowest BCUT2D eigenvalue weighted by Crippen LogP contribution is -2.52. The van der Waals surface area contributed by atoms with Crippen LogP contribution in [0.15, 0.2) is 24.3 Å². The van der Waals surface area contributed by atoms with Crippen molar-refractivity contribution >= 4 is 15.9 Å². The van der Waals surface area contributed by atoms with Gasteiger partial charge in [0.1, 0.15) is 0 Å². The van der Waals surface area contributed by atoms with Crippen molar-refractivity contribution in [3.8, 4) is 0 Å². The van der Waals surface area contributed by atoms with Crippen molar-refractivity contribution in [3.05, 3.63) is 35.4 Å². The van der Waals surface area contributed by atoms with Crippen LogP contribution in [0.5, 0.6) is 0 Å². The van der Waals surface area contributed by atoms with Gasteiger partial charge in [0.25, 0.3) is 0 Å². The minimum Gasteiger partial charge on any atom is -0.339 e. The van der Waals surface area contributed by atoms with Crippen LogP contribution in [0, 0.1) is 0 Å². The van der Waals surface area contributed by atoms with Gasteiger partial charge in [-0.2, -0.15) is 17.5 Å². The minimum absolute atomic E-state index is 0.112. The second kappa shape index (κ2) is 8.23. The topological polar surface area (TPSA) is 60.9 Å². The van der Waals surface area contributed by atoms with E-state index in [1.807, 2.05) is 11.8 Å². The quantitative estimate of drug-likeness (QED) is 0.691. The Kier molecular flexibility index (Phi) is 6.26. The summed E-state index contributed by atoms with van der Waals surface area (Å²) in [6.45, 7) is 3.10. The van der Waals surface area contributed by atoms with Gasteiger partial charge in [0.05, 0.1) is 18.4 Å². The molecule has 0 aromatic heterocycles. The maximum absolute atomic E-state index is 13.1. The van der Waals surface area contributed by atoms with Gasteiger partial charge in [0.2, 0.25) is 15.9 Å². The average Bonchev–Trinajstić information content (AvgIpc) is 3.49. The number of carbonyl (C=O) groups excluding carboxylic acids is 1. The number of hydrogen-bond acceptors (Lipinski definition) is 4. The monoisotopic (exact) mass is 433 g/mol. The molecular weight excluding hydrogens is 407 g/mol. The molecule has 0 radical (unpaired) electrons. The van der Waals surface area contributed by atoms with E-state index in [0.717, 1.165) is 31.2 Å². The van der Waals surface area contributed by atoms with Crippen molar-refractivity contribution in [3.63, 3.8) is 0 Å². The van der Waals surface area contributed by atoms with Gasteiger partial charge < -0.3 is 4.90 Å². The highest BCUT2D eigenvalue weighted by molar-refractivity contribution is 7.88. The van der Waals surface area contributed by atoms with Crippen LogP contribution in [0.2, 0.25) is 0 Å². The van der Waals surface area contributed by atoms with Crippen molar-refractivity contribution in [2.24, 2.45) is 0 Å². The van der Waals surface area contributed by atoms with Gasteiger partial charge in [0, 0.05) is 38.3 Å². The van der Waals surface area contributed by atoms with Gasteiger partial charge >= 0.3 is 6.18 Å². The number of piperazine rings is 1. The van der Waals surface area contributed by atoms with Gasteiger partial charge in [0.15, 0.2) is 0 Å². The van der Waals surface area contributed by atoms with E-state index in [-0.39, 0.29) is 37.6 Å². The minimum atomic E-state index is -4.41. The predicted octanol–water partition coefficient (Wildman–Crippen LogP) is 2.33. The Morgan fingerprint density at radius 1 is 1.21 bits per heavy atom. The van der Waals surface area contributed by atoms with Crippen LogP contribution in [-0.4, -0.2) is 73.5 Å². The molecule has 1 unspecified atom stereocenters. The van der Waals surface area contributed by atoms with Crippen LogP contribution >= 0.6 is 0 Å². The normalized spacial score (nSPS) is 20.1. The Bertz CT molecular complexity index is 848. The molecule has 0 N–H and O–H groups in total. The number of carbonyl (C=O) groups is 1. The molecule has 6 nitrogen and oxygen atoms in total. The van der Waals surface area contributed by atoms with Crippen LogP contribution in [0.4, 0.5) is 13.2 Å². The summed E-state index contributed by atoms with van der Waals surface area (Å²) in [5.74, 6) is -0.121. The first-order chi connectivity index (χ1) is 13.5. The zero-order valence-electron chi connectivity index (χ0n) is 16.5. The van der Waals surface area contributed by atoms with Gasteiger partial charge in [-0.15, -0.1) is 0 Å². The molecular formula is C19H26F3N3O3S. The zero-order valence-corrected chi connectivity index (χ0v) is 17.3. The highest BCUT2D eigenvalue weighted by Gasteiger charge is 2.37. The second-order valence-electron chi connectivity index (χ2n) is 7.75. The van der Waals surface area contributed by atoms with Crippen molar-refractivity contribution in [2.75, 3.05) is 39.0 Å². The fourth-order valence-electron chi connectivity index (χ4n) is 3.68. The summed E-state index contributed by atoms with van der Waals surface area (Å²) in [6, 6.07) is 5.10. The number of sulfonamides is 1. The van der Waals surface area contributed by atoms with E-state index in [1.54, 1.807) is 11.0 Å². The standard InChI is InChI=1S/C19H26F3N3O3S/c1-14(15-4-3-5-16(12-15)19(20,21)22)25(17-6-7-17)13-18(26)23-8-10-24(11-9-23)29(2,27)28/h3-5,12,14,17H,6-11,13H2,1-2H3. The van der Waals surface area contributed by atoms with Gasteiger partial charge in [-0.1, -0.05) is 12.1 Å². The predicted molar refractivity (Wildman–Crippen MR) is 103 cm³/mol. The molecule has 29 heavy (non-hydrogen) atoms. The molecule has 10 heteroatoms. The largest absolute Gasteiger partial charge is 0.416 e. The van der Waals surface area contributed by atoms with Crippen LogP contribution < -0.4 is 0 Å². The molecule has 162 valence electrons. The Hall–Kier alpha value is -1.65. The first-order valence-corrected chi connectivity index (χ1v) is 11.5. The third-order valence-corrected chi connectivity index (χ3v) is 6.89. The maximum atomic E-state index is 13.1. The Morgan fingerprint density at radius 2 is 1.83 bits per heavy atom. The molecule has 1 saturated carbocycles. The number of nitrogens with zero attached hydrogens (tertiary/aromatic N) is 3. The number of halogens is 3. The van der Waals surface area contributed by atoms with Gasteiger partial charge in [-0.3, -0.25) is 9.69 Å². The zero-order chi connectivity index (χ0) is 21.4. The highest BCUT2D eigenvalue weighted by Crippen LogP contribution is 2.36. The fraction of sp³-hybridized carbons (Fsp3) is 0.632. The van der Waals surface area contributed by atoms with E-state index in [2.05, 4.69) is 0 Å². The Balaban J connectivity index is 1.67. The smallest absolute Gasteiger partial charge is 0.339 e. The molecule has 1 aliphatic carbocycles. The van der Waals surface area contributed by atoms with Crippen molar-refractivity contribution < 1.29 is 26.4 Å². The second-order valence-corrected chi connectivity index (χ2v) is 9.73.